The number of nitrogens with one attached hydrogen (secondary N) is 1. The van der Waals surface area contributed by atoms with Crippen LogP contribution in [0.3, 0.4) is 0 Å². The van der Waals surface area contributed by atoms with Crippen molar-refractivity contribution in [2.45, 2.75) is 38.3 Å². The highest BCUT2D eigenvalue weighted by Crippen LogP contribution is 2.38. The van der Waals surface area contributed by atoms with E-state index in [-0.39, 0.29) is 18.3 Å². The molecule has 1 atom stereocenters. The molecule has 0 saturated heterocycles. The number of hydrogen-bond donors (Lipinski definition) is 2. The van der Waals surface area contributed by atoms with E-state index in [0.29, 0.717) is 28.2 Å². The Labute approximate surface area is 190 Å². The number of aliphatic hydroxyl groups is 1. The van der Waals surface area contributed by atoms with Gasteiger partial charge in [-0.05, 0) is 26.0 Å². The quantitative estimate of drug-likeness (QED) is 0.453. The fourth-order valence-corrected chi connectivity index (χ4v) is 4.03. The van der Waals surface area contributed by atoms with Crippen LogP contribution < -0.4 is 0 Å². The van der Waals surface area contributed by atoms with Crippen molar-refractivity contribution in [2.24, 2.45) is 0 Å². The number of benzene rings is 1. The second kappa shape index (κ2) is 7.63. The van der Waals surface area contributed by atoms with Crippen LogP contribution in [-0.2, 0) is 12.0 Å². The Balaban J connectivity index is 1.63. The van der Waals surface area contributed by atoms with Gasteiger partial charge in [-0.2, -0.15) is 0 Å². The van der Waals surface area contributed by atoms with E-state index in [1.54, 1.807) is 18.2 Å². The summed E-state index contributed by atoms with van der Waals surface area (Å²) in [5.74, 6) is -1.76. The van der Waals surface area contributed by atoms with Crippen LogP contribution in [0.15, 0.2) is 33.4 Å². The lowest BCUT2D eigenvalue weighted by Gasteiger charge is -2.32. The summed E-state index contributed by atoms with van der Waals surface area (Å²) in [7, 11) is 0. The SMILES string of the molecule is CC(C)(O)c1nc(C(F)F)c(C(=O)N2CCc3[nH]cnc3[C@H]2c2nc3cccc(Cl)c3o2)o1. The molecule has 1 aliphatic rings. The van der Waals surface area contributed by atoms with Crippen LogP contribution in [0.25, 0.3) is 11.1 Å². The van der Waals surface area contributed by atoms with Gasteiger partial charge in [0.1, 0.15) is 11.1 Å². The number of rotatable bonds is 4. The van der Waals surface area contributed by atoms with Crippen LogP contribution in [0, 0.1) is 0 Å². The Morgan fingerprint density at radius 2 is 2.12 bits per heavy atom. The van der Waals surface area contributed by atoms with Crippen molar-refractivity contribution < 1.29 is 27.5 Å². The van der Waals surface area contributed by atoms with Crippen LogP contribution >= 0.6 is 11.6 Å². The second-order valence-electron chi connectivity index (χ2n) is 8.15. The highest BCUT2D eigenvalue weighted by molar-refractivity contribution is 6.34. The first-order valence-electron chi connectivity index (χ1n) is 10.0. The Morgan fingerprint density at radius 3 is 2.82 bits per heavy atom. The van der Waals surface area contributed by atoms with E-state index in [1.165, 1.54) is 25.1 Å². The highest BCUT2D eigenvalue weighted by Gasteiger charge is 2.41. The molecule has 33 heavy (non-hydrogen) atoms. The van der Waals surface area contributed by atoms with Gasteiger partial charge in [0.15, 0.2) is 17.3 Å². The van der Waals surface area contributed by atoms with Crippen molar-refractivity contribution >= 4 is 28.6 Å². The second-order valence-corrected chi connectivity index (χ2v) is 8.56. The number of nitrogens with zero attached hydrogens (tertiary/aromatic N) is 4. The predicted octanol–water partition coefficient (Wildman–Crippen LogP) is 4.15. The number of imidazole rings is 1. The molecule has 2 N–H and O–H groups in total. The molecule has 5 rings (SSSR count). The number of halogens is 3. The van der Waals surface area contributed by atoms with Gasteiger partial charge in [0.2, 0.25) is 17.5 Å². The Bertz CT molecular complexity index is 1360. The van der Waals surface area contributed by atoms with Gasteiger partial charge in [-0.25, -0.2) is 23.7 Å². The number of H-pyrrole nitrogens is 1. The lowest BCUT2D eigenvalue weighted by atomic mass is 10.0. The zero-order chi connectivity index (χ0) is 23.5. The molecule has 3 aromatic heterocycles. The Kier molecular flexibility index (Phi) is 4.98. The zero-order valence-electron chi connectivity index (χ0n) is 17.5. The fraction of sp³-hybridized carbons (Fsp3) is 0.333. The first-order chi connectivity index (χ1) is 15.6. The molecule has 1 aromatic carbocycles. The summed E-state index contributed by atoms with van der Waals surface area (Å²) in [4.78, 5) is 30.3. The number of aromatic nitrogens is 4. The summed E-state index contributed by atoms with van der Waals surface area (Å²) < 4.78 is 38.7. The molecule has 0 fully saturated rings. The normalized spacial score (nSPS) is 16.6. The van der Waals surface area contributed by atoms with Crippen LogP contribution in [0.5, 0.6) is 0 Å². The van der Waals surface area contributed by atoms with E-state index < -0.39 is 35.4 Å². The predicted molar refractivity (Wildman–Crippen MR) is 111 cm³/mol. The average Bonchev–Trinajstić information content (AvgIpc) is 3.49. The van der Waals surface area contributed by atoms with E-state index >= 15 is 0 Å². The van der Waals surface area contributed by atoms with E-state index in [4.69, 9.17) is 20.4 Å². The number of para-hydroxylation sites is 1. The van der Waals surface area contributed by atoms with E-state index in [9.17, 15) is 18.7 Å². The van der Waals surface area contributed by atoms with Gasteiger partial charge >= 0.3 is 0 Å². The molecule has 1 aliphatic heterocycles. The maximum absolute atomic E-state index is 13.7. The Morgan fingerprint density at radius 1 is 1.33 bits per heavy atom. The number of carbonyl (C=O) groups is 1. The number of alkyl halides is 2. The maximum atomic E-state index is 13.7. The standard InChI is InChI=1S/C21H18ClF2N5O4/c1-21(2,31)20-28-13(17(23)24)16(33-20)19(30)29-7-6-10-12(26-8-25-10)14(29)18-27-11-5-3-4-9(22)15(11)32-18/h3-5,8,14,17,31H,6-7H2,1-2H3,(H,25,26)/t14-/m0/s1. The third-order valence-electron chi connectivity index (χ3n) is 5.38. The van der Waals surface area contributed by atoms with E-state index in [2.05, 4.69) is 19.9 Å². The average molecular weight is 478 g/mol. The molecular formula is C21H18ClF2N5O4. The maximum Gasteiger partial charge on any atom is 0.292 e. The first-order valence-corrected chi connectivity index (χ1v) is 10.4. The van der Waals surface area contributed by atoms with Gasteiger partial charge in [-0.3, -0.25) is 4.79 Å². The summed E-state index contributed by atoms with van der Waals surface area (Å²) in [5.41, 5.74) is -0.453. The molecule has 0 radical (unpaired) electrons. The van der Waals surface area contributed by atoms with Crippen LogP contribution in [0.4, 0.5) is 8.78 Å². The van der Waals surface area contributed by atoms with Crippen molar-refractivity contribution in [3.05, 3.63) is 64.2 Å². The number of aromatic amines is 1. The van der Waals surface area contributed by atoms with Gasteiger partial charge in [0.05, 0.1) is 17.0 Å². The highest BCUT2D eigenvalue weighted by atomic mass is 35.5. The minimum atomic E-state index is -3.09. The van der Waals surface area contributed by atoms with Crippen molar-refractivity contribution in [3.8, 4) is 0 Å². The van der Waals surface area contributed by atoms with Gasteiger partial charge in [0.25, 0.3) is 12.3 Å². The molecule has 172 valence electrons. The molecule has 0 aliphatic carbocycles. The number of oxazole rings is 2. The topological polar surface area (TPSA) is 121 Å². The molecule has 9 nitrogen and oxygen atoms in total. The first kappa shape index (κ1) is 21.5. The van der Waals surface area contributed by atoms with E-state index in [0.717, 1.165) is 5.69 Å². The van der Waals surface area contributed by atoms with Gasteiger partial charge in [0, 0.05) is 18.7 Å². The van der Waals surface area contributed by atoms with Gasteiger partial charge in [-0.15, -0.1) is 0 Å². The van der Waals surface area contributed by atoms with Crippen LogP contribution in [0.1, 0.15) is 65.7 Å². The van der Waals surface area contributed by atoms with Crippen molar-refractivity contribution in [2.75, 3.05) is 6.54 Å². The number of amides is 1. The third kappa shape index (κ3) is 3.57. The molecule has 0 unspecified atom stereocenters. The molecule has 1 amide bonds. The molecule has 12 heteroatoms. The minimum Gasteiger partial charge on any atom is -0.436 e. The number of hydrogen-bond acceptors (Lipinski definition) is 7. The van der Waals surface area contributed by atoms with Crippen LogP contribution in [0.2, 0.25) is 5.02 Å². The lowest BCUT2D eigenvalue weighted by Crippen LogP contribution is -2.41. The Hall–Kier alpha value is -3.31. The molecule has 0 bridgehead atoms. The largest absolute Gasteiger partial charge is 0.436 e. The van der Waals surface area contributed by atoms with Crippen molar-refractivity contribution in [3.63, 3.8) is 0 Å². The zero-order valence-corrected chi connectivity index (χ0v) is 18.2. The van der Waals surface area contributed by atoms with E-state index in [1.807, 2.05) is 0 Å². The number of fused-ring (bicyclic) bond motifs is 2. The smallest absolute Gasteiger partial charge is 0.292 e. The lowest BCUT2D eigenvalue weighted by molar-refractivity contribution is 0.0436. The minimum absolute atomic E-state index is 0.125. The monoisotopic (exact) mass is 477 g/mol. The number of carbonyl (C=O) groups excluding carboxylic acids is 1. The summed E-state index contributed by atoms with van der Waals surface area (Å²) in [6.07, 6.45) is -1.21. The molecule has 4 aromatic rings. The third-order valence-corrected chi connectivity index (χ3v) is 5.68. The van der Waals surface area contributed by atoms with Crippen molar-refractivity contribution in [1.82, 2.24) is 24.8 Å². The molecule has 0 spiro atoms. The summed E-state index contributed by atoms with van der Waals surface area (Å²) in [5, 5.41) is 10.5. The summed E-state index contributed by atoms with van der Waals surface area (Å²) >= 11 is 6.22. The summed E-state index contributed by atoms with van der Waals surface area (Å²) in [6, 6.07) is 4.14. The van der Waals surface area contributed by atoms with Crippen molar-refractivity contribution in [1.29, 1.82) is 0 Å². The molecule has 0 saturated carbocycles. The molecular weight excluding hydrogens is 460 g/mol. The van der Waals surface area contributed by atoms with Crippen LogP contribution in [-0.4, -0.2) is 42.4 Å². The van der Waals surface area contributed by atoms with Gasteiger partial charge < -0.3 is 23.8 Å². The fourth-order valence-electron chi connectivity index (χ4n) is 3.82. The van der Waals surface area contributed by atoms with Gasteiger partial charge in [-0.1, -0.05) is 17.7 Å². The summed E-state index contributed by atoms with van der Waals surface area (Å²) in [6.45, 7) is 2.79. The molecule has 4 heterocycles.